The Bertz CT molecular complexity index is 1070. The zero-order valence-corrected chi connectivity index (χ0v) is 19.6. The van der Waals surface area contributed by atoms with Gasteiger partial charge in [0.1, 0.15) is 0 Å². The Morgan fingerprint density at radius 2 is 1.75 bits per heavy atom. The van der Waals surface area contributed by atoms with Crippen LogP contribution in [-0.2, 0) is 19.1 Å². The Kier molecular flexibility index (Phi) is 7.29. The quantitative estimate of drug-likeness (QED) is 0.591. The Morgan fingerprint density at radius 3 is 2.44 bits per heavy atom. The fourth-order valence-corrected chi connectivity index (χ4v) is 3.66. The summed E-state index contributed by atoms with van der Waals surface area (Å²) in [5.41, 5.74) is 6.47. The van der Waals surface area contributed by atoms with Crippen LogP contribution in [0.25, 0.3) is 0 Å². The molecule has 0 aromatic heterocycles. The summed E-state index contributed by atoms with van der Waals surface area (Å²) < 4.78 is 6.04. The minimum absolute atomic E-state index is 0.0120. The predicted molar refractivity (Wildman–Crippen MR) is 122 cm³/mol. The van der Waals surface area contributed by atoms with Crippen LogP contribution in [0.5, 0.6) is 0 Å². The van der Waals surface area contributed by atoms with E-state index in [0.717, 1.165) is 26.2 Å². The monoisotopic (exact) mass is 501 g/mol. The number of nitrogens with zero attached hydrogens (tertiary/aromatic N) is 1. The Labute approximate surface area is 194 Å². The molecule has 168 valence electrons. The first kappa shape index (κ1) is 23.5. The number of esters is 1. The van der Waals surface area contributed by atoms with Crippen molar-refractivity contribution in [3.05, 3.63) is 63.1 Å². The number of nitrogens with one attached hydrogen (secondary N) is 2. The number of anilines is 1. The van der Waals surface area contributed by atoms with Gasteiger partial charge in [-0.15, -0.1) is 0 Å². The first-order valence-corrected chi connectivity index (χ1v) is 10.8. The van der Waals surface area contributed by atoms with Gasteiger partial charge in [0.25, 0.3) is 11.8 Å². The molecule has 1 atom stereocenters. The third-order valence-electron chi connectivity index (χ3n) is 5.35. The highest BCUT2D eigenvalue weighted by atomic mass is 79.9. The van der Waals surface area contributed by atoms with E-state index in [1.165, 1.54) is 0 Å². The van der Waals surface area contributed by atoms with E-state index in [2.05, 4.69) is 26.7 Å². The number of hydrogen-bond acceptors (Lipinski definition) is 5. The normalized spacial score (nSPS) is 15.4. The fraction of sp³-hybridized carbons (Fsp3) is 0.304. The molecule has 32 heavy (non-hydrogen) atoms. The molecule has 0 bridgehead atoms. The van der Waals surface area contributed by atoms with E-state index < -0.39 is 36.2 Å². The number of hydrogen-bond donors (Lipinski definition) is 2. The number of halogens is 1. The molecule has 1 aliphatic heterocycles. The van der Waals surface area contributed by atoms with E-state index in [-0.39, 0.29) is 13.0 Å². The van der Waals surface area contributed by atoms with Gasteiger partial charge in [0.15, 0.2) is 6.61 Å². The summed E-state index contributed by atoms with van der Waals surface area (Å²) in [4.78, 5) is 49.1. The van der Waals surface area contributed by atoms with Crippen molar-refractivity contribution in [3.8, 4) is 0 Å². The standard InChI is InChI=1S/C23H24BrN3O5/c1-13-4-6-16(7-5-13)22(30)26-27-11-17(10-21(27)29)23(31)32-12-20(28)25-19-9-8-18(24)14(2)15(19)3/h4-9,17H,10-12H2,1-3H3,(H,25,28)(H,26,30)/t17-/m1/s1. The van der Waals surface area contributed by atoms with Crippen molar-refractivity contribution in [2.24, 2.45) is 5.92 Å². The molecule has 9 heteroatoms. The molecule has 2 N–H and O–H groups in total. The van der Waals surface area contributed by atoms with Gasteiger partial charge in [-0.05, 0) is 56.2 Å². The van der Waals surface area contributed by atoms with Crippen molar-refractivity contribution in [3.63, 3.8) is 0 Å². The lowest BCUT2D eigenvalue weighted by atomic mass is 10.1. The van der Waals surface area contributed by atoms with E-state index >= 15 is 0 Å². The molecule has 0 spiro atoms. The van der Waals surface area contributed by atoms with Gasteiger partial charge in [-0.3, -0.25) is 29.6 Å². The lowest BCUT2D eigenvalue weighted by Crippen LogP contribution is -2.43. The van der Waals surface area contributed by atoms with Crippen LogP contribution in [0.4, 0.5) is 5.69 Å². The molecule has 1 saturated heterocycles. The van der Waals surface area contributed by atoms with E-state index in [4.69, 9.17) is 4.74 Å². The summed E-state index contributed by atoms with van der Waals surface area (Å²) in [7, 11) is 0. The van der Waals surface area contributed by atoms with E-state index in [1.807, 2.05) is 26.8 Å². The van der Waals surface area contributed by atoms with E-state index in [1.54, 1.807) is 30.3 Å². The molecule has 0 radical (unpaired) electrons. The minimum atomic E-state index is -0.759. The van der Waals surface area contributed by atoms with Crippen molar-refractivity contribution in [2.75, 3.05) is 18.5 Å². The van der Waals surface area contributed by atoms with E-state index in [0.29, 0.717) is 11.3 Å². The topological polar surface area (TPSA) is 105 Å². The smallest absolute Gasteiger partial charge is 0.311 e. The second-order valence-corrected chi connectivity index (χ2v) is 8.57. The molecule has 1 fully saturated rings. The lowest BCUT2D eigenvalue weighted by Gasteiger charge is -2.17. The fourth-order valence-electron chi connectivity index (χ4n) is 3.23. The second kappa shape index (κ2) is 9.95. The van der Waals surface area contributed by atoms with Gasteiger partial charge in [-0.2, -0.15) is 0 Å². The highest BCUT2D eigenvalue weighted by Crippen LogP contribution is 2.26. The van der Waals surface area contributed by atoms with Gasteiger partial charge in [0, 0.05) is 22.1 Å². The van der Waals surface area contributed by atoms with Crippen LogP contribution in [0.1, 0.15) is 33.5 Å². The zero-order valence-electron chi connectivity index (χ0n) is 18.0. The van der Waals surface area contributed by atoms with Crippen molar-refractivity contribution < 1.29 is 23.9 Å². The van der Waals surface area contributed by atoms with Gasteiger partial charge in [0.05, 0.1) is 12.5 Å². The third kappa shape index (κ3) is 5.53. The molecule has 1 aliphatic rings. The maximum Gasteiger partial charge on any atom is 0.311 e. The Balaban J connectivity index is 1.50. The van der Waals surface area contributed by atoms with Gasteiger partial charge in [-0.25, -0.2) is 0 Å². The molecular weight excluding hydrogens is 478 g/mol. The summed E-state index contributed by atoms with van der Waals surface area (Å²) in [6, 6.07) is 10.5. The first-order valence-electron chi connectivity index (χ1n) is 10.1. The van der Waals surface area contributed by atoms with Crippen molar-refractivity contribution in [1.82, 2.24) is 10.4 Å². The van der Waals surface area contributed by atoms with Crippen LogP contribution in [0.3, 0.4) is 0 Å². The highest BCUT2D eigenvalue weighted by molar-refractivity contribution is 9.10. The molecular formula is C23H24BrN3O5. The van der Waals surface area contributed by atoms with Gasteiger partial charge in [-0.1, -0.05) is 33.6 Å². The van der Waals surface area contributed by atoms with Gasteiger partial charge in [0.2, 0.25) is 5.91 Å². The number of ether oxygens (including phenoxy) is 1. The summed E-state index contributed by atoms with van der Waals surface area (Å²) in [6.45, 7) is 5.24. The van der Waals surface area contributed by atoms with Gasteiger partial charge < -0.3 is 10.1 Å². The molecule has 0 saturated carbocycles. The molecule has 1 heterocycles. The Hall–Kier alpha value is -3.20. The zero-order chi connectivity index (χ0) is 23.4. The maximum atomic E-state index is 12.4. The second-order valence-electron chi connectivity index (χ2n) is 7.71. The van der Waals surface area contributed by atoms with Crippen molar-refractivity contribution >= 4 is 45.3 Å². The van der Waals surface area contributed by atoms with Crippen LogP contribution >= 0.6 is 15.9 Å². The number of carbonyl (C=O) groups excluding carboxylic acids is 4. The average Bonchev–Trinajstić information content (AvgIpc) is 3.13. The molecule has 0 unspecified atom stereocenters. The molecule has 3 amide bonds. The summed E-state index contributed by atoms with van der Waals surface area (Å²) in [5, 5.41) is 3.83. The molecule has 0 aliphatic carbocycles. The summed E-state index contributed by atoms with van der Waals surface area (Å²) in [6.07, 6.45) is -0.0976. The number of benzene rings is 2. The minimum Gasteiger partial charge on any atom is -0.455 e. The molecule has 2 aromatic carbocycles. The van der Waals surface area contributed by atoms with Crippen LogP contribution in [-0.4, -0.2) is 41.9 Å². The summed E-state index contributed by atoms with van der Waals surface area (Å²) in [5.74, 6) is -2.73. The van der Waals surface area contributed by atoms with E-state index in [9.17, 15) is 19.2 Å². The number of rotatable bonds is 6. The maximum absolute atomic E-state index is 12.4. The van der Waals surface area contributed by atoms with Crippen LogP contribution in [0.2, 0.25) is 0 Å². The number of amides is 3. The van der Waals surface area contributed by atoms with Crippen molar-refractivity contribution in [1.29, 1.82) is 0 Å². The third-order valence-corrected chi connectivity index (χ3v) is 6.21. The van der Waals surface area contributed by atoms with Crippen LogP contribution < -0.4 is 10.7 Å². The lowest BCUT2D eigenvalue weighted by molar-refractivity contribution is -0.151. The molecule has 3 rings (SSSR count). The Morgan fingerprint density at radius 1 is 1.06 bits per heavy atom. The first-order chi connectivity index (χ1) is 15.2. The number of carbonyl (C=O) groups is 4. The predicted octanol–water partition coefficient (Wildman–Crippen LogP) is 3.05. The average molecular weight is 502 g/mol. The van der Waals surface area contributed by atoms with Crippen LogP contribution in [0.15, 0.2) is 40.9 Å². The number of hydrazine groups is 1. The van der Waals surface area contributed by atoms with Crippen molar-refractivity contribution in [2.45, 2.75) is 27.2 Å². The number of aryl methyl sites for hydroxylation is 1. The SMILES string of the molecule is Cc1ccc(C(=O)NN2C[C@H](C(=O)OCC(=O)Nc3ccc(Br)c(C)c3C)CC2=O)cc1. The molecule has 2 aromatic rings. The summed E-state index contributed by atoms with van der Waals surface area (Å²) >= 11 is 3.43. The highest BCUT2D eigenvalue weighted by Gasteiger charge is 2.36. The largest absolute Gasteiger partial charge is 0.455 e. The van der Waals surface area contributed by atoms with Crippen LogP contribution in [0, 0.1) is 26.7 Å². The molecule has 8 nitrogen and oxygen atoms in total. The van der Waals surface area contributed by atoms with Gasteiger partial charge >= 0.3 is 5.97 Å².